The Bertz CT molecular complexity index is 369. The number of ether oxygens (including phenoxy) is 2. The molecule has 4 heteroatoms. The monoisotopic (exact) mass is 308 g/mol. The minimum Gasteiger partial charge on any atom is -0.465 e. The van der Waals surface area contributed by atoms with Gasteiger partial charge in [0.05, 0.1) is 6.61 Å². The fourth-order valence-electron chi connectivity index (χ4n) is 2.60. The highest BCUT2D eigenvalue weighted by atomic mass is 16.5. The summed E-state index contributed by atoms with van der Waals surface area (Å²) in [7, 11) is 0. The molecule has 0 bridgehead atoms. The quantitative estimate of drug-likeness (QED) is 0.453. The van der Waals surface area contributed by atoms with E-state index in [0.717, 1.165) is 12.8 Å². The molecule has 0 radical (unpaired) electrons. The van der Waals surface area contributed by atoms with Gasteiger partial charge in [-0.25, -0.2) is 0 Å². The smallest absolute Gasteiger partial charge is 0.306 e. The average Bonchev–Trinajstić information content (AvgIpc) is 2.53. The maximum atomic E-state index is 11.6. The van der Waals surface area contributed by atoms with Crippen molar-refractivity contribution in [1.29, 1.82) is 0 Å². The number of hydrogen-bond acceptors (Lipinski definition) is 4. The molecular weight excluding hydrogens is 280 g/mol. The third-order valence-corrected chi connectivity index (χ3v) is 3.91. The van der Waals surface area contributed by atoms with Crippen molar-refractivity contribution in [2.45, 2.75) is 63.9 Å². The molecule has 4 nitrogen and oxygen atoms in total. The van der Waals surface area contributed by atoms with Crippen molar-refractivity contribution in [3.05, 3.63) is 25.3 Å². The van der Waals surface area contributed by atoms with Crippen LogP contribution in [-0.2, 0) is 19.1 Å². The summed E-state index contributed by atoms with van der Waals surface area (Å²) in [6, 6.07) is 0. The summed E-state index contributed by atoms with van der Waals surface area (Å²) in [6.45, 7) is 7.74. The van der Waals surface area contributed by atoms with Gasteiger partial charge >= 0.3 is 11.9 Å². The Hall–Kier alpha value is -1.58. The first-order valence-corrected chi connectivity index (χ1v) is 8.24. The minimum absolute atomic E-state index is 0.218. The molecule has 124 valence electrons. The second kappa shape index (κ2) is 11.0. The number of rotatable bonds is 10. The highest BCUT2D eigenvalue weighted by Gasteiger charge is 2.16. The molecule has 1 unspecified atom stereocenters. The van der Waals surface area contributed by atoms with E-state index in [2.05, 4.69) is 13.2 Å². The molecule has 0 heterocycles. The first-order valence-electron chi connectivity index (χ1n) is 8.24. The lowest BCUT2D eigenvalue weighted by Crippen LogP contribution is -2.17. The zero-order valence-electron chi connectivity index (χ0n) is 13.4. The standard InChI is InChI=1S/C18H28O4/c1-3-9-16(4-2)22-18(20)13-8-12-17(19)21-14-15-10-6-5-7-11-15/h3-4,15-16H,1-2,5-14H2. The van der Waals surface area contributed by atoms with Crippen LogP contribution < -0.4 is 0 Å². The molecule has 0 aromatic carbocycles. The lowest BCUT2D eigenvalue weighted by Gasteiger charge is -2.21. The molecule has 0 aliphatic heterocycles. The lowest BCUT2D eigenvalue weighted by molar-refractivity contribution is -0.148. The molecule has 0 N–H and O–H groups in total. The normalized spacial score (nSPS) is 16.5. The first kappa shape index (κ1) is 18.5. The van der Waals surface area contributed by atoms with Crippen molar-refractivity contribution in [3.63, 3.8) is 0 Å². The Morgan fingerprint density at radius 3 is 2.41 bits per heavy atom. The van der Waals surface area contributed by atoms with Gasteiger partial charge in [-0.15, -0.1) is 6.58 Å². The molecule has 1 rings (SSSR count). The van der Waals surface area contributed by atoms with Crippen LogP contribution in [0.4, 0.5) is 0 Å². The SMILES string of the molecule is C=CCC(C=C)OC(=O)CCCC(=O)OCC1CCCCC1. The highest BCUT2D eigenvalue weighted by Crippen LogP contribution is 2.23. The van der Waals surface area contributed by atoms with Crippen LogP contribution in [0.1, 0.15) is 57.8 Å². The van der Waals surface area contributed by atoms with Gasteiger partial charge < -0.3 is 9.47 Å². The zero-order valence-corrected chi connectivity index (χ0v) is 13.4. The Morgan fingerprint density at radius 2 is 1.77 bits per heavy atom. The van der Waals surface area contributed by atoms with Crippen molar-refractivity contribution in [1.82, 2.24) is 0 Å². The number of hydrogen-bond donors (Lipinski definition) is 0. The maximum Gasteiger partial charge on any atom is 0.306 e. The molecular formula is C18H28O4. The molecule has 1 fully saturated rings. The van der Waals surface area contributed by atoms with Gasteiger partial charge in [0.15, 0.2) is 0 Å². The molecule has 1 aliphatic rings. The average molecular weight is 308 g/mol. The van der Waals surface area contributed by atoms with Crippen LogP contribution >= 0.6 is 0 Å². The summed E-state index contributed by atoms with van der Waals surface area (Å²) in [5.74, 6) is -0.00788. The van der Waals surface area contributed by atoms with E-state index in [0.29, 0.717) is 25.4 Å². The van der Waals surface area contributed by atoms with E-state index in [1.54, 1.807) is 12.2 Å². The van der Waals surface area contributed by atoms with Gasteiger partial charge in [0.1, 0.15) is 6.10 Å². The van der Waals surface area contributed by atoms with E-state index in [4.69, 9.17) is 9.47 Å². The van der Waals surface area contributed by atoms with Crippen LogP contribution in [0.2, 0.25) is 0 Å². The van der Waals surface area contributed by atoms with E-state index in [1.807, 2.05) is 0 Å². The Labute approximate surface area is 133 Å². The van der Waals surface area contributed by atoms with Gasteiger partial charge in [0.25, 0.3) is 0 Å². The Balaban J connectivity index is 2.09. The second-order valence-corrected chi connectivity index (χ2v) is 5.83. The van der Waals surface area contributed by atoms with Crippen molar-refractivity contribution in [2.75, 3.05) is 6.61 Å². The van der Waals surface area contributed by atoms with E-state index in [9.17, 15) is 9.59 Å². The first-order chi connectivity index (χ1) is 10.7. The second-order valence-electron chi connectivity index (χ2n) is 5.83. The van der Waals surface area contributed by atoms with Crippen molar-refractivity contribution >= 4 is 11.9 Å². The molecule has 0 spiro atoms. The van der Waals surface area contributed by atoms with Crippen LogP contribution in [0, 0.1) is 5.92 Å². The van der Waals surface area contributed by atoms with Gasteiger partial charge in [0, 0.05) is 19.3 Å². The topological polar surface area (TPSA) is 52.6 Å². The van der Waals surface area contributed by atoms with Crippen LogP contribution in [0.5, 0.6) is 0 Å². The maximum absolute atomic E-state index is 11.6. The molecule has 1 aliphatic carbocycles. The third-order valence-electron chi connectivity index (χ3n) is 3.91. The number of carbonyl (C=O) groups excluding carboxylic acids is 2. The molecule has 0 aromatic rings. The fourth-order valence-corrected chi connectivity index (χ4v) is 2.60. The van der Waals surface area contributed by atoms with Crippen molar-refractivity contribution < 1.29 is 19.1 Å². The van der Waals surface area contributed by atoms with E-state index in [1.165, 1.54) is 19.3 Å². The fraction of sp³-hybridized carbons (Fsp3) is 0.667. The van der Waals surface area contributed by atoms with E-state index < -0.39 is 0 Å². The molecule has 22 heavy (non-hydrogen) atoms. The van der Waals surface area contributed by atoms with Crippen LogP contribution in [0.15, 0.2) is 25.3 Å². The summed E-state index contributed by atoms with van der Waals surface area (Å²) >= 11 is 0. The van der Waals surface area contributed by atoms with Crippen LogP contribution in [-0.4, -0.2) is 24.6 Å². The minimum atomic E-state index is -0.330. The zero-order chi connectivity index (χ0) is 16.2. The predicted octanol–water partition coefficient (Wildman–Crippen LogP) is 3.95. The molecule has 0 amide bonds. The molecule has 0 saturated heterocycles. The van der Waals surface area contributed by atoms with Crippen LogP contribution in [0.3, 0.4) is 0 Å². The van der Waals surface area contributed by atoms with Crippen molar-refractivity contribution in [2.24, 2.45) is 5.92 Å². The van der Waals surface area contributed by atoms with Gasteiger partial charge in [-0.1, -0.05) is 38.0 Å². The van der Waals surface area contributed by atoms with Gasteiger partial charge in [-0.2, -0.15) is 0 Å². The molecule has 1 atom stereocenters. The Morgan fingerprint density at radius 1 is 1.09 bits per heavy atom. The van der Waals surface area contributed by atoms with E-state index >= 15 is 0 Å². The highest BCUT2D eigenvalue weighted by molar-refractivity contribution is 5.72. The molecule has 1 saturated carbocycles. The summed E-state index contributed by atoms with van der Waals surface area (Å²) in [5, 5.41) is 0. The Kier molecular flexibility index (Phi) is 9.28. The summed E-state index contributed by atoms with van der Waals surface area (Å²) < 4.78 is 10.5. The van der Waals surface area contributed by atoms with Gasteiger partial charge in [0.2, 0.25) is 0 Å². The number of carbonyl (C=O) groups is 2. The van der Waals surface area contributed by atoms with Crippen LogP contribution in [0.25, 0.3) is 0 Å². The third kappa shape index (κ3) is 8.01. The molecule has 0 aromatic heterocycles. The predicted molar refractivity (Wildman–Crippen MR) is 86.3 cm³/mol. The summed E-state index contributed by atoms with van der Waals surface area (Å²) in [6.07, 6.45) is 10.5. The summed E-state index contributed by atoms with van der Waals surface area (Å²) in [5.41, 5.74) is 0. The van der Waals surface area contributed by atoms with E-state index in [-0.39, 0.29) is 30.9 Å². The summed E-state index contributed by atoms with van der Waals surface area (Å²) in [4.78, 5) is 23.3. The lowest BCUT2D eigenvalue weighted by atomic mass is 9.90. The van der Waals surface area contributed by atoms with Gasteiger partial charge in [-0.3, -0.25) is 9.59 Å². The number of esters is 2. The largest absolute Gasteiger partial charge is 0.465 e. The van der Waals surface area contributed by atoms with Crippen molar-refractivity contribution in [3.8, 4) is 0 Å². The van der Waals surface area contributed by atoms with Gasteiger partial charge in [-0.05, 0) is 25.2 Å².